The molecule has 2 aromatic rings. The van der Waals surface area contributed by atoms with Gasteiger partial charge in [0.1, 0.15) is 28.8 Å². The van der Waals surface area contributed by atoms with Crippen LogP contribution in [0.25, 0.3) is 11.1 Å². The largest absolute Gasteiger partial charge is 0.492 e. The third-order valence-electron chi connectivity index (χ3n) is 7.91. The van der Waals surface area contributed by atoms with Crippen molar-refractivity contribution in [2.45, 2.75) is 57.3 Å². The summed E-state index contributed by atoms with van der Waals surface area (Å²) in [6.07, 6.45) is 0.718. The molecule has 0 aliphatic carbocycles. The number of nitriles is 1. The van der Waals surface area contributed by atoms with Gasteiger partial charge in [-0.25, -0.2) is 13.6 Å². The highest BCUT2D eigenvalue weighted by Crippen LogP contribution is 2.36. The summed E-state index contributed by atoms with van der Waals surface area (Å²) < 4.78 is 40.1. The van der Waals surface area contributed by atoms with Gasteiger partial charge >= 0.3 is 5.97 Å². The maximum atomic E-state index is 15.2. The van der Waals surface area contributed by atoms with Gasteiger partial charge in [-0.05, 0) is 81.9 Å². The minimum absolute atomic E-state index is 0.0350. The maximum absolute atomic E-state index is 15.2. The van der Waals surface area contributed by atoms with E-state index in [-0.39, 0.29) is 35.6 Å². The maximum Gasteiger partial charge on any atom is 0.331 e. The fraction of sp³-hybridized carbons (Fsp3) is 0.516. The third kappa shape index (κ3) is 6.68. The fourth-order valence-electron chi connectivity index (χ4n) is 5.84. The van der Waals surface area contributed by atoms with Crippen LogP contribution in [0.1, 0.15) is 56.0 Å². The van der Waals surface area contributed by atoms with Crippen molar-refractivity contribution in [3.63, 3.8) is 0 Å². The minimum Gasteiger partial charge on any atom is -0.492 e. The number of methoxy groups -OCH3 is 1. The molecule has 2 fully saturated rings. The summed E-state index contributed by atoms with van der Waals surface area (Å²) in [7, 11) is 1.19. The van der Waals surface area contributed by atoms with Crippen LogP contribution >= 0.6 is 0 Å². The number of hydrogen-bond donors (Lipinski definition) is 1. The number of halogens is 2. The van der Waals surface area contributed by atoms with Gasteiger partial charge in [-0.2, -0.15) is 5.26 Å². The lowest BCUT2D eigenvalue weighted by atomic mass is 9.94. The SMILES string of the molecule is COC(=O)C1(C)CC(O)CN1C(=O)c1c(F)cccc1-c1ccc(OCC2CCN(CC(C)(C)F)CC2)c(C#N)c1. The summed E-state index contributed by atoms with van der Waals surface area (Å²) in [5.74, 6) is -1.60. The van der Waals surface area contributed by atoms with Crippen molar-refractivity contribution in [2.75, 3.05) is 39.9 Å². The van der Waals surface area contributed by atoms with E-state index < -0.39 is 35.0 Å². The van der Waals surface area contributed by atoms with Gasteiger partial charge in [-0.1, -0.05) is 18.2 Å². The first-order valence-electron chi connectivity index (χ1n) is 13.8. The number of hydrogen-bond acceptors (Lipinski definition) is 7. The second-order valence-electron chi connectivity index (χ2n) is 11.8. The Bertz CT molecular complexity index is 1330. The molecule has 2 saturated heterocycles. The Balaban J connectivity index is 1.54. The average molecular weight is 570 g/mol. The van der Waals surface area contributed by atoms with Gasteiger partial charge in [0.05, 0.1) is 30.9 Å². The van der Waals surface area contributed by atoms with Crippen molar-refractivity contribution in [3.8, 4) is 22.9 Å². The topological polar surface area (TPSA) is 103 Å². The van der Waals surface area contributed by atoms with Gasteiger partial charge in [0.15, 0.2) is 0 Å². The molecule has 0 bridgehead atoms. The second-order valence-corrected chi connectivity index (χ2v) is 11.8. The predicted molar refractivity (Wildman–Crippen MR) is 148 cm³/mol. The lowest BCUT2D eigenvalue weighted by molar-refractivity contribution is -0.151. The van der Waals surface area contributed by atoms with Gasteiger partial charge in [-0.3, -0.25) is 4.79 Å². The Morgan fingerprint density at radius 3 is 2.56 bits per heavy atom. The smallest absolute Gasteiger partial charge is 0.331 e. The number of benzene rings is 2. The van der Waals surface area contributed by atoms with Crippen LogP contribution in [0.3, 0.4) is 0 Å². The van der Waals surface area contributed by atoms with E-state index in [4.69, 9.17) is 9.47 Å². The molecule has 8 nitrogen and oxygen atoms in total. The summed E-state index contributed by atoms with van der Waals surface area (Å²) in [5.41, 5.74) is -2.06. The van der Waals surface area contributed by atoms with E-state index in [9.17, 15) is 24.3 Å². The highest BCUT2D eigenvalue weighted by atomic mass is 19.1. The Morgan fingerprint density at radius 2 is 1.93 bits per heavy atom. The number of alkyl halides is 1. The molecule has 220 valence electrons. The Hall–Kier alpha value is -3.55. The molecule has 2 aliphatic heterocycles. The molecule has 1 N–H and O–H groups in total. The van der Waals surface area contributed by atoms with Crippen LogP contribution in [0.4, 0.5) is 8.78 Å². The molecule has 2 aliphatic rings. The van der Waals surface area contributed by atoms with E-state index in [1.54, 1.807) is 38.1 Å². The van der Waals surface area contributed by atoms with Crippen LogP contribution in [0, 0.1) is 23.1 Å². The van der Waals surface area contributed by atoms with E-state index in [2.05, 4.69) is 11.0 Å². The summed E-state index contributed by atoms with van der Waals surface area (Å²) in [6.45, 7) is 6.86. The number of ether oxygens (including phenoxy) is 2. The molecule has 0 radical (unpaired) electrons. The molecule has 2 unspecified atom stereocenters. The number of aliphatic hydroxyl groups excluding tert-OH is 1. The highest BCUT2D eigenvalue weighted by molar-refractivity contribution is 6.04. The van der Waals surface area contributed by atoms with Gasteiger partial charge in [0.2, 0.25) is 0 Å². The van der Waals surface area contributed by atoms with Gasteiger partial charge < -0.3 is 24.4 Å². The van der Waals surface area contributed by atoms with E-state index in [1.165, 1.54) is 20.1 Å². The Morgan fingerprint density at radius 1 is 1.22 bits per heavy atom. The molecule has 2 atom stereocenters. The number of carbonyl (C=O) groups excluding carboxylic acids is 2. The monoisotopic (exact) mass is 569 g/mol. The Kier molecular flexibility index (Phi) is 9.00. The van der Waals surface area contributed by atoms with Crippen LogP contribution in [0.5, 0.6) is 5.75 Å². The first-order valence-corrected chi connectivity index (χ1v) is 13.8. The van der Waals surface area contributed by atoms with Crippen molar-refractivity contribution < 1.29 is 33.0 Å². The lowest BCUT2D eigenvalue weighted by Gasteiger charge is -2.34. The molecule has 4 rings (SSSR count). The van der Waals surface area contributed by atoms with Crippen LogP contribution < -0.4 is 4.74 Å². The molecule has 10 heteroatoms. The predicted octanol–water partition coefficient (Wildman–Crippen LogP) is 4.34. The molecule has 0 spiro atoms. The lowest BCUT2D eigenvalue weighted by Crippen LogP contribution is -2.51. The van der Waals surface area contributed by atoms with Crippen molar-refractivity contribution in [3.05, 3.63) is 53.3 Å². The zero-order valence-corrected chi connectivity index (χ0v) is 24.0. The average Bonchev–Trinajstić information content (AvgIpc) is 3.25. The normalized spacial score (nSPS) is 21.9. The summed E-state index contributed by atoms with van der Waals surface area (Å²) >= 11 is 0. The standard InChI is InChI=1S/C31H37F2N3O5/c1-30(2,33)19-35-12-10-20(11-13-35)18-41-26-9-8-21(14-22(26)16-34)24-6-5-7-25(32)27(24)28(38)36-17-23(37)15-31(36,3)29(39)40-4/h5-9,14,20,23,37H,10-13,15,17-19H2,1-4H3. The van der Waals surface area contributed by atoms with E-state index >= 15 is 4.39 Å². The number of likely N-dealkylation sites (tertiary alicyclic amines) is 2. The minimum atomic E-state index is -1.46. The van der Waals surface area contributed by atoms with Crippen molar-refractivity contribution in [1.82, 2.24) is 9.80 Å². The molecule has 2 heterocycles. The van der Waals surface area contributed by atoms with Crippen LogP contribution in [-0.2, 0) is 9.53 Å². The number of rotatable bonds is 8. The van der Waals surface area contributed by atoms with Crippen molar-refractivity contribution in [2.24, 2.45) is 5.92 Å². The van der Waals surface area contributed by atoms with Crippen LogP contribution in [0.2, 0.25) is 0 Å². The quantitative estimate of drug-likeness (QED) is 0.472. The Labute approximate surface area is 239 Å². The fourth-order valence-corrected chi connectivity index (χ4v) is 5.84. The summed E-state index contributed by atoms with van der Waals surface area (Å²) in [4.78, 5) is 29.5. The number of nitrogens with zero attached hydrogens (tertiary/aromatic N) is 3. The molecule has 0 saturated carbocycles. The number of carbonyl (C=O) groups is 2. The summed E-state index contributed by atoms with van der Waals surface area (Å²) in [6, 6.07) is 11.2. The highest BCUT2D eigenvalue weighted by Gasteiger charge is 2.51. The molecular formula is C31H37F2N3O5. The van der Waals surface area contributed by atoms with Crippen molar-refractivity contribution >= 4 is 11.9 Å². The zero-order chi connectivity index (χ0) is 29.9. The number of esters is 1. The van der Waals surface area contributed by atoms with Gasteiger partial charge in [0.25, 0.3) is 5.91 Å². The number of β-amino-alcohol motifs (C(OH)–C–C–N with tert-alkyl or cyclic N) is 1. The molecule has 0 aromatic heterocycles. The molecule has 1 amide bonds. The molecule has 2 aromatic carbocycles. The van der Waals surface area contributed by atoms with Crippen LogP contribution in [0.15, 0.2) is 36.4 Å². The number of aliphatic hydroxyl groups is 1. The first kappa shape index (κ1) is 30.4. The van der Waals surface area contributed by atoms with E-state index in [0.717, 1.165) is 36.9 Å². The number of piperidine rings is 1. The second kappa shape index (κ2) is 12.1. The molecule has 41 heavy (non-hydrogen) atoms. The van der Waals surface area contributed by atoms with Gasteiger partial charge in [-0.15, -0.1) is 0 Å². The molecular weight excluding hydrogens is 532 g/mol. The first-order chi connectivity index (χ1) is 19.4. The van der Waals surface area contributed by atoms with E-state index in [0.29, 0.717) is 24.5 Å². The zero-order valence-electron chi connectivity index (χ0n) is 24.0. The summed E-state index contributed by atoms with van der Waals surface area (Å²) in [5, 5.41) is 20.1. The van der Waals surface area contributed by atoms with Crippen molar-refractivity contribution in [1.29, 1.82) is 5.26 Å². The van der Waals surface area contributed by atoms with Gasteiger partial charge in [0, 0.05) is 19.5 Å². The third-order valence-corrected chi connectivity index (χ3v) is 7.91. The van der Waals surface area contributed by atoms with Crippen LogP contribution in [-0.4, -0.2) is 84.0 Å². The number of amides is 1. The van der Waals surface area contributed by atoms with E-state index in [1.807, 2.05) is 0 Å².